The average Bonchev–Trinajstić information content (AvgIpc) is 2.54. The first-order valence-corrected chi connectivity index (χ1v) is 6.54. The fourth-order valence-corrected chi connectivity index (χ4v) is 2.59. The lowest BCUT2D eigenvalue weighted by Crippen LogP contribution is -2.32. The lowest BCUT2D eigenvalue weighted by atomic mass is 9.97. The van der Waals surface area contributed by atoms with Crippen LogP contribution in [0.2, 0.25) is 0 Å². The van der Waals surface area contributed by atoms with Gasteiger partial charge in [-0.05, 0) is 50.0 Å². The summed E-state index contributed by atoms with van der Waals surface area (Å²) in [5, 5.41) is 1.06. The van der Waals surface area contributed by atoms with Crippen LogP contribution in [-0.2, 0) is 7.05 Å². The van der Waals surface area contributed by atoms with Gasteiger partial charge in [-0.1, -0.05) is 23.8 Å². The first-order chi connectivity index (χ1) is 12.0. The summed E-state index contributed by atoms with van der Waals surface area (Å²) in [5.41, 5.74) is 3.07. The summed E-state index contributed by atoms with van der Waals surface area (Å²) in [4.78, 5) is 0. The smallest absolute Gasteiger partial charge is 0.194 e. The second-order valence-corrected chi connectivity index (χ2v) is 5.03. The van der Waals surface area contributed by atoms with Crippen molar-refractivity contribution in [2.75, 3.05) is 0 Å². The highest BCUT2D eigenvalue weighted by molar-refractivity contribution is 5.78. The second kappa shape index (κ2) is 4.75. The highest BCUT2D eigenvalue weighted by Gasteiger charge is 2.16. The Labute approximate surface area is 128 Å². The maximum atomic E-state index is 7.80. The molecular formula is C19H20N+. The zero-order chi connectivity index (χ0) is 19.3. The topological polar surface area (TPSA) is 3.88 Å². The number of fused-ring (bicyclic) bond motifs is 1. The van der Waals surface area contributed by atoms with E-state index >= 15 is 0 Å². The summed E-state index contributed by atoms with van der Waals surface area (Å²) >= 11 is 0. The van der Waals surface area contributed by atoms with Gasteiger partial charge >= 0.3 is 0 Å². The van der Waals surface area contributed by atoms with Gasteiger partial charge in [0, 0.05) is 31.3 Å². The number of aryl methyl sites for hydroxylation is 3. The Kier molecular flexibility index (Phi) is 1.80. The van der Waals surface area contributed by atoms with Crippen molar-refractivity contribution < 1.29 is 12.8 Å². The molecule has 1 aromatic heterocycles. The van der Waals surface area contributed by atoms with Crippen molar-refractivity contribution in [3.05, 3.63) is 65.2 Å². The van der Waals surface area contributed by atoms with Gasteiger partial charge in [0.15, 0.2) is 0 Å². The molecule has 0 atom stereocenters. The molecule has 0 saturated carbocycles. The third kappa shape index (κ3) is 2.00. The van der Waals surface area contributed by atoms with Crippen LogP contribution < -0.4 is 4.57 Å². The second-order valence-electron chi connectivity index (χ2n) is 5.03. The Morgan fingerprint density at radius 3 is 2.65 bits per heavy atom. The minimum atomic E-state index is -2.38. The van der Waals surface area contributed by atoms with E-state index in [0.29, 0.717) is 11.1 Å². The zero-order valence-electron chi connectivity index (χ0n) is 17.6. The number of nitrogens with zero attached hydrogens (tertiary/aromatic N) is 1. The third-order valence-corrected chi connectivity index (χ3v) is 3.76. The van der Waals surface area contributed by atoms with E-state index in [2.05, 4.69) is 0 Å². The fraction of sp³-hybridized carbons (Fsp3) is 0.211. The van der Waals surface area contributed by atoms with Gasteiger partial charge in [-0.25, -0.2) is 0 Å². The van der Waals surface area contributed by atoms with Crippen molar-refractivity contribution in [2.45, 2.75) is 20.6 Å². The van der Waals surface area contributed by atoms with Gasteiger partial charge in [-0.2, -0.15) is 4.57 Å². The molecular weight excluding hydrogens is 242 g/mol. The summed E-state index contributed by atoms with van der Waals surface area (Å²) in [5.74, 6) is 0. The Balaban J connectivity index is 2.36. The largest absolute Gasteiger partial charge is 0.213 e. The molecule has 0 saturated heterocycles. The Morgan fingerprint density at radius 2 is 1.85 bits per heavy atom. The summed E-state index contributed by atoms with van der Waals surface area (Å²) in [6.07, 6.45) is 0. The van der Waals surface area contributed by atoms with Gasteiger partial charge in [0.05, 0.1) is 0 Å². The first kappa shape index (κ1) is 7.58. The maximum absolute atomic E-state index is 7.80. The summed E-state index contributed by atoms with van der Waals surface area (Å²) in [6, 6.07) is 14.6. The summed E-state index contributed by atoms with van der Waals surface area (Å²) in [6.45, 7) is -3.02. The van der Waals surface area contributed by atoms with Gasteiger partial charge in [-0.3, -0.25) is 0 Å². The van der Waals surface area contributed by atoms with Crippen molar-refractivity contribution >= 4 is 10.9 Å². The van der Waals surface area contributed by atoms with Crippen molar-refractivity contribution in [2.24, 2.45) is 7.05 Å². The molecule has 1 heterocycles. The normalized spacial score (nSPS) is 16.7. The lowest BCUT2D eigenvalue weighted by Gasteiger charge is -2.10. The predicted octanol–water partition coefficient (Wildman–Crippen LogP) is 4.26. The van der Waals surface area contributed by atoms with E-state index in [0.717, 1.165) is 16.6 Å². The monoisotopic (exact) mass is 268 g/mol. The highest BCUT2D eigenvalue weighted by Crippen LogP contribution is 2.26. The molecule has 3 rings (SSSR count). The average molecular weight is 268 g/mol. The van der Waals surface area contributed by atoms with Crippen molar-refractivity contribution in [3.8, 4) is 11.3 Å². The Bertz CT molecular complexity index is 986. The maximum Gasteiger partial charge on any atom is 0.213 e. The summed E-state index contributed by atoms with van der Waals surface area (Å²) < 4.78 is 48.6. The molecule has 0 bridgehead atoms. The van der Waals surface area contributed by atoms with Crippen molar-refractivity contribution in [1.82, 2.24) is 0 Å². The van der Waals surface area contributed by atoms with Gasteiger partial charge in [0.2, 0.25) is 11.2 Å². The van der Waals surface area contributed by atoms with Crippen LogP contribution in [0, 0.1) is 20.6 Å². The van der Waals surface area contributed by atoms with Gasteiger partial charge in [0.1, 0.15) is 7.05 Å². The van der Waals surface area contributed by atoms with E-state index in [4.69, 9.17) is 8.22 Å². The molecule has 3 aromatic rings. The molecule has 20 heavy (non-hydrogen) atoms. The van der Waals surface area contributed by atoms with E-state index in [-0.39, 0.29) is 11.1 Å². The number of pyridine rings is 1. The summed E-state index contributed by atoms with van der Waals surface area (Å²) in [7, 11) is 1.90. The van der Waals surface area contributed by atoms with E-state index in [1.54, 1.807) is 13.0 Å². The van der Waals surface area contributed by atoms with Crippen LogP contribution in [0.15, 0.2) is 48.5 Å². The first-order valence-electron chi connectivity index (χ1n) is 9.54. The van der Waals surface area contributed by atoms with E-state index in [1.807, 2.05) is 48.0 Å². The standard InChI is InChI=1S/C19H20N/c1-13-11-14(2)15(3)17(12-13)19-10-9-16-7-5-6-8-18(16)20(19)4/h5-12H,1-4H3/q+1/i1D3,2D3. The predicted molar refractivity (Wildman–Crippen MR) is 84.8 cm³/mol. The molecule has 100 valence electrons. The lowest BCUT2D eigenvalue weighted by molar-refractivity contribution is -0.633. The van der Waals surface area contributed by atoms with Crippen LogP contribution >= 0.6 is 0 Å². The van der Waals surface area contributed by atoms with Crippen LogP contribution in [-0.4, -0.2) is 0 Å². The molecule has 0 aliphatic carbocycles. The molecule has 0 N–H and O–H groups in total. The molecule has 0 radical (unpaired) electrons. The zero-order valence-corrected chi connectivity index (χ0v) is 11.6. The molecule has 2 aromatic carbocycles. The Hall–Kier alpha value is -2.15. The number of benzene rings is 2. The molecule has 0 unspecified atom stereocenters. The van der Waals surface area contributed by atoms with Gasteiger partial charge in [0.25, 0.3) is 0 Å². The molecule has 0 fully saturated rings. The quantitative estimate of drug-likeness (QED) is 0.581. The number of aromatic nitrogens is 1. The van der Waals surface area contributed by atoms with Crippen LogP contribution in [0.4, 0.5) is 0 Å². The van der Waals surface area contributed by atoms with Crippen LogP contribution in [0.5, 0.6) is 0 Å². The third-order valence-electron chi connectivity index (χ3n) is 3.76. The minimum absolute atomic E-state index is 0.0392. The number of para-hydroxylation sites is 1. The molecule has 0 aliphatic rings. The molecule has 0 spiro atoms. The van der Waals surface area contributed by atoms with Gasteiger partial charge < -0.3 is 0 Å². The number of rotatable bonds is 1. The van der Waals surface area contributed by atoms with E-state index < -0.39 is 13.7 Å². The van der Waals surface area contributed by atoms with Crippen molar-refractivity contribution in [3.63, 3.8) is 0 Å². The molecule has 1 nitrogen and oxygen atoms in total. The SMILES string of the molecule is [2H]C([2H])([2H])c1cc(-c2ccc3ccccc3[n+]2C)c(C)c(C([2H])([2H])[2H])c1. The highest BCUT2D eigenvalue weighted by atomic mass is 14.9. The van der Waals surface area contributed by atoms with Crippen LogP contribution in [0.3, 0.4) is 0 Å². The molecule has 0 aliphatic heterocycles. The fourth-order valence-electron chi connectivity index (χ4n) is 2.59. The molecule has 1 heteroatoms. The number of hydrogen-bond donors (Lipinski definition) is 0. The minimum Gasteiger partial charge on any atom is -0.194 e. The van der Waals surface area contributed by atoms with Crippen molar-refractivity contribution in [1.29, 1.82) is 0 Å². The van der Waals surface area contributed by atoms with Gasteiger partial charge in [-0.15, -0.1) is 0 Å². The van der Waals surface area contributed by atoms with Crippen LogP contribution in [0.25, 0.3) is 22.2 Å². The molecule has 0 amide bonds. The van der Waals surface area contributed by atoms with Crippen LogP contribution in [0.1, 0.15) is 24.9 Å². The number of hydrogen-bond acceptors (Lipinski definition) is 0. The van der Waals surface area contributed by atoms with E-state index in [9.17, 15) is 0 Å². The van der Waals surface area contributed by atoms with E-state index in [1.165, 1.54) is 6.07 Å². The Morgan fingerprint density at radius 1 is 1.00 bits per heavy atom.